The van der Waals surface area contributed by atoms with Crippen LogP contribution in [-0.2, 0) is 31.2 Å². The van der Waals surface area contributed by atoms with E-state index in [4.69, 9.17) is 21.1 Å². The Hall–Kier alpha value is -2.46. The van der Waals surface area contributed by atoms with Crippen LogP contribution in [0, 0.1) is 5.92 Å². The van der Waals surface area contributed by atoms with Crippen molar-refractivity contribution in [1.82, 2.24) is 0 Å². The number of fused-ring (bicyclic) bond motifs is 2. The van der Waals surface area contributed by atoms with Crippen LogP contribution in [0.5, 0.6) is 0 Å². The topological polar surface area (TPSA) is 169 Å². The first kappa shape index (κ1) is 31.9. The van der Waals surface area contributed by atoms with E-state index in [1.807, 2.05) is 6.92 Å². The molecule has 6 N–H and O–H groups in total. The number of rotatable bonds is 7. The van der Waals surface area contributed by atoms with Crippen LogP contribution < -0.4 is 10.2 Å². The van der Waals surface area contributed by atoms with E-state index in [1.54, 1.807) is 60.5 Å². The lowest BCUT2D eigenvalue weighted by molar-refractivity contribution is -0.274. The van der Waals surface area contributed by atoms with Gasteiger partial charge in [-0.25, -0.2) is 0 Å². The molecule has 11 nitrogen and oxygen atoms in total. The Morgan fingerprint density at radius 3 is 2.40 bits per heavy atom. The number of amides is 2. The van der Waals surface area contributed by atoms with Crippen molar-refractivity contribution in [2.24, 2.45) is 5.92 Å². The second-order valence-electron chi connectivity index (χ2n) is 11.9. The number of aliphatic hydroxyl groups excluding tert-OH is 5. The first-order chi connectivity index (χ1) is 20.2. The van der Waals surface area contributed by atoms with Crippen molar-refractivity contribution < 1.29 is 48.7 Å². The largest absolute Gasteiger partial charge is 0.396 e. The zero-order valence-electron chi connectivity index (χ0n) is 23.9. The molecule has 0 bridgehead atoms. The number of benzene rings is 2. The molecule has 43 heavy (non-hydrogen) atoms. The highest BCUT2D eigenvalue weighted by molar-refractivity contribution is 6.72. The van der Waals surface area contributed by atoms with E-state index < -0.39 is 68.2 Å². The van der Waals surface area contributed by atoms with E-state index in [1.165, 1.54) is 0 Å². The fourth-order valence-corrected chi connectivity index (χ4v) is 9.46. The van der Waals surface area contributed by atoms with Gasteiger partial charge in [0.2, 0.25) is 8.41 Å². The van der Waals surface area contributed by atoms with Crippen LogP contribution in [0.2, 0.25) is 23.7 Å². The van der Waals surface area contributed by atoms with Gasteiger partial charge in [-0.15, -0.1) is 0 Å². The number of hydrogen-bond donors (Lipinski definition) is 6. The molecule has 3 aliphatic rings. The van der Waals surface area contributed by atoms with Gasteiger partial charge >= 0.3 is 0 Å². The van der Waals surface area contributed by atoms with E-state index in [0.717, 1.165) is 0 Å². The maximum atomic E-state index is 15.6. The minimum absolute atomic E-state index is 0.131. The average molecular weight is 639 g/mol. The van der Waals surface area contributed by atoms with Crippen LogP contribution in [0.4, 0.5) is 15.5 Å². The molecule has 234 valence electrons. The van der Waals surface area contributed by atoms with Gasteiger partial charge in [0.15, 0.2) is 18.0 Å². The monoisotopic (exact) mass is 638 g/mol. The zero-order chi connectivity index (χ0) is 31.4. The summed E-state index contributed by atoms with van der Waals surface area (Å²) in [6.45, 7) is 4.93. The summed E-state index contributed by atoms with van der Waals surface area (Å²) in [4.78, 5) is 28.5. The molecule has 14 heteroatoms. The molecule has 5 rings (SSSR count). The molecular formula is C29H36ClFN2O9Si. The predicted molar refractivity (Wildman–Crippen MR) is 156 cm³/mol. The molecule has 0 aliphatic carbocycles. The third-order valence-corrected chi connectivity index (χ3v) is 11.4. The maximum Gasteiger partial charge on any atom is 0.264 e. The normalized spacial score (nSPS) is 34.1. The molecule has 1 spiro atoms. The Bertz CT molecular complexity index is 1380. The van der Waals surface area contributed by atoms with Crippen molar-refractivity contribution in [2.45, 2.75) is 80.9 Å². The minimum Gasteiger partial charge on any atom is -0.396 e. The van der Waals surface area contributed by atoms with Crippen molar-refractivity contribution in [2.75, 3.05) is 16.8 Å². The van der Waals surface area contributed by atoms with Gasteiger partial charge < -0.3 is 49.3 Å². The number of nitrogens with one attached hydrogen (secondary N) is 1. The smallest absolute Gasteiger partial charge is 0.264 e. The Balaban J connectivity index is 1.38. The second-order valence-corrected chi connectivity index (χ2v) is 16.2. The van der Waals surface area contributed by atoms with Gasteiger partial charge in [0.25, 0.3) is 11.8 Å². The summed E-state index contributed by atoms with van der Waals surface area (Å²) < 4.78 is 27.1. The summed E-state index contributed by atoms with van der Waals surface area (Å²) in [7, 11) is -3.33. The molecule has 0 radical (unpaired) electrons. The predicted octanol–water partition coefficient (Wildman–Crippen LogP) is 1.78. The summed E-state index contributed by atoms with van der Waals surface area (Å²) in [6.07, 6.45) is -9.21. The van der Waals surface area contributed by atoms with Gasteiger partial charge in [-0.05, 0) is 55.4 Å². The Morgan fingerprint density at radius 1 is 1.09 bits per heavy atom. The SMILES string of the molecule is C[C@@H]1[C@@H]([Si](C)(C)F)[C@H](CCO)O[C@@]12C(=O)N(Cc1ccc(NC(=O)[C@H]3O[C@@H](O)[C@H](O)[C@@H](O)[C@@H]3O)cc1)c1ccc(Cl)cc12. The van der Waals surface area contributed by atoms with Crippen LogP contribution in [0.25, 0.3) is 0 Å². The van der Waals surface area contributed by atoms with Gasteiger partial charge in [0.05, 0.1) is 18.3 Å². The van der Waals surface area contributed by atoms with Gasteiger partial charge in [-0.1, -0.05) is 30.7 Å². The van der Waals surface area contributed by atoms with Crippen molar-refractivity contribution in [3.05, 3.63) is 58.6 Å². The molecule has 2 aromatic rings. The summed E-state index contributed by atoms with van der Waals surface area (Å²) in [5.41, 5.74) is 0.165. The van der Waals surface area contributed by atoms with Crippen LogP contribution in [0.1, 0.15) is 24.5 Å². The van der Waals surface area contributed by atoms with E-state index >= 15 is 4.11 Å². The molecule has 0 saturated carbocycles. The molecule has 0 unspecified atom stereocenters. The summed E-state index contributed by atoms with van der Waals surface area (Å²) in [5, 5.41) is 52.0. The van der Waals surface area contributed by atoms with Gasteiger partial charge in [-0.3, -0.25) is 9.59 Å². The fraction of sp³-hybridized carbons (Fsp3) is 0.517. The molecule has 3 heterocycles. The molecule has 2 amide bonds. The molecule has 9 atom stereocenters. The third kappa shape index (κ3) is 5.51. The Morgan fingerprint density at radius 2 is 1.77 bits per heavy atom. The van der Waals surface area contributed by atoms with Gasteiger partial charge in [0, 0.05) is 34.3 Å². The molecular weight excluding hydrogens is 603 g/mol. The number of hydrogen-bond acceptors (Lipinski definition) is 9. The van der Waals surface area contributed by atoms with Crippen LogP contribution in [-0.4, -0.2) is 89.2 Å². The highest BCUT2D eigenvalue weighted by Crippen LogP contribution is 2.60. The van der Waals surface area contributed by atoms with Crippen LogP contribution >= 0.6 is 11.6 Å². The molecule has 2 aromatic carbocycles. The lowest BCUT2D eigenvalue weighted by Gasteiger charge is -2.37. The molecule has 2 saturated heterocycles. The summed E-state index contributed by atoms with van der Waals surface area (Å²) >= 11 is 6.37. The van der Waals surface area contributed by atoms with Crippen molar-refractivity contribution >= 4 is 43.2 Å². The third-order valence-electron chi connectivity index (χ3n) is 8.75. The van der Waals surface area contributed by atoms with Crippen LogP contribution in [0.3, 0.4) is 0 Å². The van der Waals surface area contributed by atoms with Gasteiger partial charge in [-0.2, -0.15) is 0 Å². The van der Waals surface area contributed by atoms with E-state index in [9.17, 15) is 35.1 Å². The highest BCUT2D eigenvalue weighted by atomic mass is 35.5. The van der Waals surface area contributed by atoms with Crippen molar-refractivity contribution in [3.63, 3.8) is 0 Å². The average Bonchev–Trinajstić information content (AvgIpc) is 3.37. The van der Waals surface area contributed by atoms with Crippen LogP contribution in [0.15, 0.2) is 42.5 Å². The molecule has 0 aromatic heterocycles. The lowest BCUT2D eigenvalue weighted by atomic mass is 9.82. The number of carbonyl (C=O) groups is 2. The maximum absolute atomic E-state index is 15.6. The lowest BCUT2D eigenvalue weighted by Crippen LogP contribution is -2.60. The Kier molecular flexibility index (Phi) is 8.77. The first-order valence-electron chi connectivity index (χ1n) is 14.1. The Labute approximate surface area is 254 Å². The van der Waals surface area contributed by atoms with E-state index in [-0.39, 0.29) is 25.5 Å². The van der Waals surface area contributed by atoms with Gasteiger partial charge in [0.1, 0.15) is 18.3 Å². The molecule has 3 aliphatic heterocycles. The van der Waals surface area contributed by atoms with Crippen molar-refractivity contribution in [3.8, 4) is 0 Å². The highest BCUT2D eigenvalue weighted by Gasteiger charge is 2.66. The first-order valence-corrected chi connectivity index (χ1v) is 17.4. The standard InChI is InChI=1S/C29H36ClFN2O9Si/c1-14-25(43(2,3)31)20(10-11-34)42-29(14)18-12-16(30)6-9-19(18)33(28(29)40)13-15-4-7-17(8-5-15)32-26(38)24-22(36)21(35)23(37)27(39)41-24/h4-9,12,14,20-25,27,34-37,39H,10-11,13H2,1-3H3,(H,32,38)/t14-,20+,21+,22+,23-,24+,25-,27-,29+/m1/s1. The van der Waals surface area contributed by atoms with Crippen molar-refractivity contribution in [1.29, 1.82) is 0 Å². The van der Waals surface area contributed by atoms with E-state index in [2.05, 4.69) is 5.32 Å². The number of ether oxygens (including phenoxy) is 2. The zero-order valence-corrected chi connectivity index (χ0v) is 25.6. The molecule has 2 fully saturated rings. The number of carbonyl (C=O) groups excluding carboxylic acids is 2. The quantitative estimate of drug-likeness (QED) is 0.196. The second kappa shape index (κ2) is 11.8. The minimum atomic E-state index is -3.33. The number of halogens is 2. The number of aliphatic hydroxyl groups is 5. The number of anilines is 2. The summed E-state index contributed by atoms with van der Waals surface area (Å²) in [6, 6.07) is 11.6. The fourth-order valence-electron chi connectivity index (χ4n) is 6.74. The number of nitrogens with zero attached hydrogens (tertiary/aromatic N) is 1. The summed E-state index contributed by atoms with van der Waals surface area (Å²) in [5.74, 6) is -1.70. The van der Waals surface area contributed by atoms with E-state index in [0.29, 0.717) is 27.5 Å².